The van der Waals surface area contributed by atoms with Gasteiger partial charge in [0, 0.05) is 50.0 Å². The van der Waals surface area contributed by atoms with E-state index in [-0.39, 0.29) is 12.2 Å². The number of ether oxygens (including phenoxy) is 2. The second-order valence-electron chi connectivity index (χ2n) is 7.28. The van der Waals surface area contributed by atoms with Gasteiger partial charge in [-0.25, -0.2) is 4.98 Å². The Morgan fingerprint density at radius 3 is 2.81 bits per heavy atom. The van der Waals surface area contributed by atoms with Crippen LogP contribution in [0.1, 0.15) is 18.4 Å². The maximum Gasteiger partial charge on any atom is 0.214 e. The van der Waals surface area contributed by atoms with E-state index >= 15 is 0 Å². The monoisotopic (exact) mass is 408 g/mol. The normalized spacial score (nSPS) is 19.5. The molecule has 1 aromatic carbocycles. The van der Waals surface area contributed by atoms with Crippen molar-refractivity contribution in [3.8, 4) is 11.6 Å². The van der Waals surface area contributed by atoms with Crippen molar-refractivity contribution in [1.82, 2.24) is 9.88 Å². The first-order chi connectivity index (χ1) is 13.0. The summed E-state index contributed by atoms with van der Waals surface area (Å²) in [4.78, 5) is 6.31. The fourth-order valence-electron chi connectivity index (χ4n) is 3.83. The van der Waals surface area contributed by atoms with Crippen LogP contribution in [0.4, 0.5) is 0 Å². The van der Waals surface area contributed by atoms with Gasteiger partial charge in [-0.2, -0.15) is 0 Å². The average Bonchev–Trinajstić information content (AvgIpc) is 2.99. The standard InChI is InChI=1S/C20H22Cl2N2O3/c21-15-4-5-17-14(10-15)11-20(27-17)6-8-24(9-7-20)12-16(25)13-26-19-3-1-2-18(22)23-19/h1-5,10,16,25H,6-9,11-13H2/t16-/m0/s1. The van der Waals surface area contributed by atoms with E-state index in [4.69, 9.17) is 32.7 Å². The van der Waals surface area contributed by atoms with Crippen molar-refractivity contribution in [3.05, 3.63) is 52.1 Å². The van der Waals surface area contributed by atoms with Crippen LogP contribution < -0.4 is 9.47 Å². The summed E-state index contributed by atoms with van der Waals surface area (Å²) in [6.45, 7) is 2.52. The Labute approximate surface area is 168 Å². The third kappa shape index (κ3) is 4.49. The number of aliphatic hydroxyl groups is 1. The van der Waals surface area contributed by atoms with Gasteiger partial charge in [-0.15, -0.1) is 0 Å². The van der Waals surface area contributed by atoms with Gasteiger partial charge in [0.25, 0.3) is 0 Å². The summed E-state index contributed by atoms with van der Waals surface area (Å²) in [6.07, 6.45) is 2.19. The molecule has 4 rings (SSSR count). The van der Waals surface area contributed by atoms with E-state index in [0.717, 1.165) is 43.1 Å². The van der Waals surface area contributed by atoms with Gasteiger partial charge in [-0.05, 0) is 29.8 Å². The highest BCUT2D eigenvalue weighted by atomic mass is 35.5. The Morgan fingerprint density at radius 1 is 1.22 bits per heavy atom. The number of likely N-dealkylation sites (tertiary alicyclic amines) is 1. The molecular formula is C20H22Cl2N2O3. The largest absolute Gasteiger partial charge is 0.487 e. The summed E-state index contributed by atoms with van der Waals surface area (Å²) in [5.74, 6) is 1.38. The zero-order chi connectivity index (χ0) is 18.9. The molecule has 7 heteroatoms. The van der Waals surface area contributed by atoms with Gasteiger partial charge >= 0.3 is 0 Å². The topological polar surface area (TPSA) is 54.8 Å². The van der Waals surface area contributed by atoms with Gasteiger partial charge in [0.05, 0.1) is 0 Å². The molecule has 1 saturated heterocycles. The van der Waals surface area contributed by atoms with Crippen LogP contribution in [-0.4, -0.2) is 52.9 Å². The number of nitrogens with zero attached hydrogens (tertiary/aromatic N) is 2. The predicted molar refractivity (Wildman–Crippen MR) is 105 cm³/mol. The van der Waals surface area contributed by atoms with E-state index in [2.05, 4.69) is 9.88 Å². The van der Waals surface area contributed by atoms with Crippen molar-refractivity contribution in [2.75, 3.05) is 26.2 Å². The lowest BCUT2D eigenvalue weighted by atomic mass is 9.87. The SMILES string of the molecule is O[C@H](COc1cccc(Cl)n1)CN1CCC2(CC1)Cc1cc(Cl)ccc1O2. The number of piperidine rings is 1. The number of hydrogen-bond acceptors (Lipinski definition) is 5. The lowest BCUT2D eigenvalue weighted by Crippen LogP contribution is -2.49. The van der Waals surface area contributed by atoms with Crippen LogP contribution in [0.25, 0.3) is 0 Å². The third-order valence-electron chi connectivity index (χ3n) is 5.21. The second-order valence-corrected chi connectivity index (χ2v) is 8.10. The highest BCUT2D eigenvalue weighted by molar-refractivity contribution is 6.30. The number of fused-ring (bicyclic) bond motifs is 1. The minimum absolute atomic E-state index is 0.129. The van der Waals surface area contributed by atoms with Crippen molar-refractivity contribution in [3.63, 3.8) is 0 Å². The zero-order valence-corrected chi connectivity index (χ0v) is 16.4. The molecule has 1 fully saturated rings. The van der Waals surface area contributed by atoms with Crippen molar-refractivity contribution < 1.29 is 14.6 Å². The number of rotatable bonds is 5. The highest BCUT2D eigenvalue weighted by Gasteiger charge is 2.42. The summed E-state index contributed by atoms with van der Waals surface area (Å²) in [7, 11) is 0. The fraction of sp³-hybridized carbons (Fsp3) is 0.450. The van der Waals surface area contributed by atoms with Crippen LogP contribution in [0.3, 0.4) is 0 Å². The molecule has 0 radical (unpaired) electrons. The van der Waals surface area contributed by atoms with Crippen molar-refractivity contribution in [2.24, 2.45) is 0 Å². The Kier molecular flexibility index (Phi) is 5.46. The minimum atomic E-state index is -0.583. The smallest absolute Gasteiger partial charge is 0.214 e. The van der Waals surface area contributed by atoms with Crippen LogP contribution in [-0.2, 0) is 6.42 Å². The second kappa shape index (κ2) is 7.84. The maximum atomic E-state index is 10.3. The molecule has 1 N–H and O–H groups in total. The number of hydrogen-bond donors (Lipinski definition) is 1. The maximum absolute atomic E-state index is 10.3. The molecule has 1 spiro atoms. The summed E-state index contributed by atoms with van der Waals surface area (Å²) < 4.78 is 11.8. The average molecular weight is 409 g/mol. The molecule has 0 amide bonds. The van der Waals surface area contributed by atoms with E-state index in [0.29, 0.717) is 17.6 Å². The van der Waals surface area contributed by atoms with Crippen molar-refractivity contribution in [1.29, 1.82) is 0 Å². The summed E-state index contributed by atoms with van der Waals surface area (Å²) >= 11 is 11.9. The number of pyridine rings is 1. The first-order valence-electron chi connectivity index (χ1n) is 9.15. The van der Waals surface area contributed by atoms with Crippen LogP contribution in [0, 0.1) is 0 Å². The van der Waals surface area contributed by atoms with Gasteiger partial charge in [0.1, 0.15) is 29.2 Å². The Balaban J connectivity index is 1.25. The van der Waals surface area contributed by atoms with Crippen LogP contribution in [0.5, 0.6) is 11.6 Å². The molecule has 0 aliphatic carbocycles. The predicted octanol–water partition coefficient (Wildman–Crippen LogP) is 3.60. The first kappa shape index (κ1) is 18.8. The molecule has 1 atom stereocenters. The molecule has 5 nitrogen and oxygen atoms in total. The van der Waals surface area contributed by atoms with Crippen molar-refractivity contribution >= 4 is 23.2 Å². The first-order valence-corrected chi connectivity index (χ1v) is 9.90. The zero-order valence-electron chi connectivity index (χ0n) is 14.9. The summed E-state index contributed by atoms with van der Waals surface area (Å²) in [5.41, 5.74) is 1.06. The molecule has 0 saturated carbocycles. The third-order valence-corrected chi connectivity index (χ3v) is 5.66. The van der Waals surface area contributed by atoms with E-state index in [1.54, 1.807) is 18.2 Å². The molecule has 3 heterocycles. The Morgan fingerprint density at radius 2 is 2.04 bits per heavy atom. The van der Waals surface area contributed by atoms with Crippen molar-refractivity contribution in [2.45, 2.75) is 31.0 Å². The lowest BCUT2D eigenvalue weighted by molar-refractivity contribution is -0.00224. The van der Waals surface area contributed by atoms with Gasteiger partial charge in [-0.1, -0.05) is 29.3 Å². The number of aromatic nitrogens is 1. The molecule has 2 aromatic rings. The summed E-state index contributed by atoms with van der Waals surface area (Å²) in [6, 6.07) is 11.0. The minimum Gasteiger partial charge on any atom is -0.487 e. The molecule has 144 valence electrons. The highest BCUT2D eigenvalue weighted by Crippen LogP contribution is 2.41. The number of halogens is 2. The number of aliphatic hydroxyl groups excluding tert-OH is 1. The Hall–Kier alpha value is -1.53. The van der Waals surface area contributed by atoms with Gasteiger partial charge in [-0.3, -0.25) is 0 Å². The van der Waals surface area contributed by atoms with Crippen LogP contribution >= 0.6 is 23.2 Å². The van der Waals surface area contributed by atoms with Crippen LogP contribution in [0.15, 0.2) is 36.4 Å². The molecule has 2 aliphatic heterocycles. The van der Waals surface area contributed by atoms with E-state index in [9.17, 15) is 5.11 Å². The van der Waals surface area contributed by atoms with E-state index in [1.165, 1.54) is 5.56 Å². The lowest BCUT2D eigenvalue weighted by Gasteiger charge is -2.39. The number of β-amino-alcohol motifs (C(OH)–C–C–N with tert-alkyl or cyclic N) is 1. The van der Waals surface area contributed by atoms with Gasteiger partial charge < -0.3 is 19.5 Å². The van der Waals surface area contributed by atoms with E-state index in [1.807, 2.05) is 18.2 Å². The number of benzene rings is 1. The quantitative estimate of drug-likeness (QED) is 0.765. The molecule has 2 aliphatic rings. The molecule has 0 bridgehead atoms. The van der Waals surface area contributed by atoms with Crippen LogP contribution in [0.2, 0.25) is 10.2 Å². The summed E-state index contributed by atoms with van der Waals surface area (Å²) in [5, 5.41) is 11.4. The molecule has 1 aromatic heterocycles. The van der Waals surface area contributed by atoms with Gasteiger partial charge in [0.2, 0.25) is 5.88 Å². The van der Waals surface area contributed by atoms with E-state index < -0.39 is 6.10 Å². The molecule has 0 unspecified atom stereocenters. The molecular weight excluding hydrogens is 387 g/mol. The van der Waals surface area contributed by atoms with Gasteiger partial charge in [0.15, 0.2) is 0 Å². The Bertz CT molecular complexity index is 810. The fourth-order valence-corrected chi connectivity index (χ4v) is 4.18. The molecule has 27 heavy (non-hydrogen) atoms.